The summed E-state index contributed by atoms with van der Waals surface area (Å²) in [4.78, 5) is 28.8. The Kier molecular flexibility index (Phi) is 8.52. The fraction of sp³-hybridized carbons (Fsp3) is 0.895. The number of carbonyl (C=O) groups is 2. The second kappa shape index (κ2) is 10.6. The van der Waals surface area contributed by atoms with Crippen LogP contribution in [0.3, 0.4) is 0 Å². The van der Waals surface area contributed by atoms with E-state index in [2.05, 4.69) is 29.4 Å². The van der Waals surface area contributed by atoms with Crippen molar-refractivity contribution in [1.82, 2.24) is 20.4 Å². The van der Waals surface area contributed by atoms with Gasteiger partial charge < -0.3 is 20.4 Å². The van der Waals surface area contributed by atoms with Crippen molar-refractivity contribution in [3.05, 3.63) is 0 Å². The maximum atomic E-state index is 12.3. The van der Waals surface area contributed by atoms with Gasteiger partial charge in [-0.25, -0.2) is 4.79 Å². The molecule has 25 heavy (non-hydrogen) atoms. The molecule has 1 saturated carbocycles. The molecule has 0 aromatic heterocycles. The van der Waals surface area contributed by atoms with E-state index in [4.69, 9.17) is 0 Å². The first-order valence-corrected chi connectivity index (χ1v) is 10.2. The highest BCUT2D eigenvalue weighted by Gasteiger charge is 2.28. The van der Waals surface area contributed by atoms with Crippen molar-refractivity contribution in [2.45, 2.75) is 64.8 Å². The Bertz CT molecular complexity index is 412. The highest BCUT2D eigenvalue weighted by atomic mass is 16.2. The first-order valence-electron chi connectivity index (χ1n) is 10.2. The molecule has 6 nitrogen and oxygen atoms in total. The molecular weight excluding hydrogens is 316 g/mol. The number of nitrogens with zero attached hydrogens (tertiary/aromatic N) is 2. The Morgan fingerprint density at radius 1 is 1.04 bits per heavy atom. The van der Waals surface area contributed by atoms with Crippen LogP contribution in [0.2, 0.25) is 0 Å². The number of carbonyl (C=O) groups excluding carboxylic acids is 2. The maximum Gasteiger partial charge on any atom is 0.317 e. The van der Waals surface area contributed by atoms with Crippen LogP contribution in [0.1, 0.15) is 58.8 Å². The smallest absolute Gasteiger partial charge is 0.317 e. The second-order valence-electron chi connectivity index (χ2n) is 7.36. The highest BCUT2D eigenvalue weighted by molar-refractivity contribution is 5.79. The minimum atomic E-state index is 0.0592. The van der Waals surface area contributed by atoms with Gasteiger partial charge in [-0.1, -0.05) is 26.7 Å². The zero-order valence-electron chi connectivity index (χ0n) is 16.1. The summed E-state index contributed by atoms with van der Waals surface area (Å²) in [6, 6.07) is 0.421. The van der Waals surface area contributed by atoms with Crippen molar-refractivity contribution in [1.29, 1.82) is 0 Å². The van der Waals surface area contributed by atoms with E-state index in [-0.39, 0.29) is 17.9 Å². The summed E-state index contributed by atoms with van der Waals surface area (Å²) < 4.78 is 0. The third-order valence-electron chi connectivity index (χ3n) is 5.68. The number of likely N-dealkylation sites (tertiary alicyclic amines) is 1. The molecule has 0 radical (unpaired) electrons. The molecule has 0 bridgehead atoms. The van der Waals surface area contributed by atoms with Crippen LogP contribution in [-0.4, -0.2) is 67.0 Å². The summed E-state index contributed by atoms with van der Waals surface area (Å²) in [7, 11) is 0. The molecule has 0 aromatic rings. The third kappa shape index (κ3) is 6.49. The van der Waals surface area contributed by atoms with Crippen molar-refractivity contribution < 1.29 is 9.59 Å². The Morgan fingerprint density at radius 2 is 1.68 bits per heavy atom. The average Bonchev–Trinajstić information content (AvgIpc) is 3.14. The zero-order valence-corrected chi connectivity index (χ0v) is 16.1. The average molecular weight is 353 g/mol. The van der Waals surface area contributed by atoms with E-state index >= 15 is 0 Å². The molecule has 0 unspecified atom stereocenters. The van der Waals surface area contributed by atoms with Crippen LogP contribution in [0.4, 0.5) is 4.79 Å². The van der Waals surface area contributed by atoms with Gasteiger partial charge in [0, 0.05) is 31.6 Å². The predicted molar refractivity (Wildman–Crippen MR) is 100 cm³/mol. The number of nitrogens with one attached hydrogen (secondary N) is 2. The van der Waals surface area contributed by atoms with Gasteiger partial charge in [0.05, 0.1) is 0 Å². The fourth-order valence-corrected chi connectivity index (χ4v) is 3.88. The SMILES string of the molecule is CCN(CC)CCCNC(=O)C1CCN(C(=O)NC2CCCC2)CC1. The van der Waals surface area contributed by atoms with Crippen LogP contribution >= 0.6 is 0 Å². The van der Waals surface area contributed by atoms with Crippen molar-refractivity contribution >= 4 is 11.9 Å². The summed E-state index contributed by atoms with van der Waals surface area (Å²) in [6.07, 6.45) is 7.22. The zero-order chi connectivity index (χ0) is 18.1. The molecule has 144 valence electrons. The minimum absolute atomic E-state index is 0.0592. The second-order valence-corrected chi connectivity index (χ2v) is 7.36. The standard InChI is InChI=1S/C19H36N4O2/c1-3-22(4-2)13-7-12-20-18(24)16-10-14-23(15-11-16)19(25)21-17-8-5-6-9-17/h16-17H,3-15H2,1-2H3,(H,20,24)(H,21,25). The summed E-state index contributed by atoms with van der Waals surface area (Å²) in [6.45, 7) is 9.62. The number of piperidine rings is 1. The van der Waals surface area contributed by atoms with Crippen molar-refractivity contribution in [2.75, 3.05) is 39.3 Å². The molecule has 1 heterocycles. The van der Waals surface area contributed by atoms with Gasteiger partial charge in [0.15, 0.2) is 0 Å². The van der Waals surface area contributed by atoms with Gasteiger partial charge in [-0.3, -0.25) is 4.79 Å². The summed E-state index contributed by atoms with van der Waals surface area (Å²) in [5.74, 6) is 0.222. The van der Waals surface area contributed by atoms with Crippen LogP contribution in [0.25, 0.3) is 0 Å². The number of urea groups is 1. The van der Waals surface area contributed by atoms with E-state index in [0.29, 0.717) is 19.1 Å². The van der Waals surface area contributed by atoms with Gasteiger partial charge in [0.25, 0.3) is 0 Å². The number of hydrogen-bond donors (Lipinski definition) is 2. The molecule has 6 heteroatoms. The van der Waals surface area contributed by atoms with E-state index in [1.807, 2.05) is 4.90 Å². The molecule has 2 rings (SSSR count). The first kappa shape index (κ1) is 20.0. The van der Waals surface area contributed by atoms with Gasteiger partial charge in [-0.2, -0.15) is 0 Å². The van der Waals surface area contributed by atoms with E-state index in [0.717, 1.165) is 58.3 Å². The van der Waals surface area contributed by atoms with Crippen LogP contribution in [0.15, 0.2) is 0 Å². The number of rotatable bonds is 8. The predicted octanol–water partition coefficient (Wildman–Crippen LogP) is 2.20. The van der Waals surface area contributed by atoms with E-state index in [1.54, 1.807) is 0 Å². The molecule has 0 aromatic carbocycles. The van der Waals surface area contributed by atoms with Gasteiger partial charge in [0.2, 0.25) is 5.91 Å². The van der Waals surface area contributed by atoms with Crippen molar-refractivity contribution in [2.24, 2.45) is 5.92 Å². The minimum Gasteiger partial charge on any atom is -0.356 e. The molecule has 3 amide bonds. The quantitative estimate of drug-likeness (QED) is 0.658. The summed E-state index contributed by atoms with van der Waals surface area (Å²) >= 11 is 0. The number of amides is 3. The molecule has 2 aliphatic rings. The molecule has 1 aliphatic heterocycles. The molecule has 0 spiro atoms. The monoisotopic (exact) mass is 352 g/mol. The summed E-state index contributed by atoms with van der Waals surface area (Å²) in [5, 5.41) is 6.21. The number of hydrogen-bond acceptors (Lipinski definition) is 3. The van der Waals surface area contributed by atoms with Crippen LogP contribution in [0, 0.1) is 5.92 Å². The molecule has 2 fully saturated rings. The van der Waals surface area contributed by atoms with Crippen LogP contribution in [-0.2, 0) is 4.79 Å². The van der Waals surface area contributed by atoms with E-state index in [1.165, 1.54) is 12.8 Å². The van der Waals surface area contributed by atoms with Crippen LogP contribution < -0.4 is 10.6 Å². The lowest BCUT2D eigenvalue weighted by Crippen LogP contribution is -2.49. The lowest BCUT2D eigenvalue weighted by molar-refractivity contribution is -0.126. The molecule has 1 aliphatic carbocycles. The maximum absolute atomic E-state index is 12.3. The van der Waals surface area contributed by atoms with Gasteiger partial charge >= 0.3 is 6.03 Å². The third-order valence-corrected chi connectivity index (χ3v) is 5.68. The lowest BCUT2D eigenvalue weighted by atomic mass is 9.96. The first-order chi connectivity index (χ1) is 12.1. The van der Waals surface area contributed by atoms with E-state index < -0.39 is 0 Å². The molecule has 0 atom stereocenters. The normalized spacial score (nSPS) is 19.4. The molecular formula is C19H36N4O2. The van der Waals surface area contributed by atoms with Gasteiger partial charge in [-0.05, 0) is 51.7 Å². The van der Waals surface area contributed by atoms with Gasteiger partial charge in [0.1, 0.15) is 0 Å². The molecule has 1 saturated heterocycles. The van der Waals surface area contributed by atoms with Crippen molar-refractivity contribution in [3.63, 3.8) is 0 Å². The van der Waals surface area contributed by atoms with E-state index in [9.17, 15) is 9.59 Å². The Hall–Kier alpha value is -1.30. The van der Waals surface area contributed by atoms with Crippen LogP contribution in [0.5, 0.6) is 0 Å². The largest absolute Gasteiger partial charge is 0.356 e. The lowest BCUT2D eigenvalue weighted by Gasteiger charge is -2.32. The Balaban J connectivity index is 1.60. The Morgan fingerprint density at radius 3 is 2.28 bits per heavy atom. The van der Waals surface area contributed by atoms with Gasteiger partial charge in [-0.15, -0.1) is 0 Å². The highest BCUT2D eigenvalue weighted by Crippen LogP contribution is 2.20. The van der Waals surface area contributed by atoms with Crippen molar-refractivity contribution in [3.8, 4) is 0 Å². The Labute approximate surface area is 152 Å². The summed E-state index contributed by atoms with van der Waals surface area (Å²) in [5.41, 5.74) is 0. The molecule has 2 N–H and O–H groups in total. The fourth-order valence-electron chi connectivity index (χ4n) is 3.88. The topological polar surface area (TPSA) is 64.7 Å².